The number of nitrogen functional groups attached to an aromatic ring is 1. The molecular formula is C15H19N3O3. The molecule has 0 saturated carbocycles. The van der Waals surface area contributed by atoms with Crippen LogP contribution < -0.4 is 10.5 Å². The van der Waals surface area contributed by atoms with Crippen LogP contribution in [0.1, 0.15) is 35.6 Å². The third-order valence-corrected chi connectivity index (χ3v) is 3.21. The Labute approximate surface area is 123 Å². The van der Waals surface area contributed by atoms with Crippen LogP contribution in [0.2, 0.25) is 0 Å². The molecule has 0 bridgehead atoms. The van der Waals surface area contributed by atoms with E-state index in [1.165, 1.54) is 18.2 Å². The summed E-state index contributed by atoms with van der Waals surface area (Å²) in [6.45, 7) is 5.11. The second kappa shape index (κ2) is 6.30. The highest BCUT2D eigenvalue weighted by molar-refractivity contribution is 5.89. The van der Waals surface area contributed by atoms with E-state index in [2.05, 4.69) is 5.10 Å². The molecule has 0 unspecified atom stereocenters. The van der Waals surface area contributed by atoms with Crippen molar-refractivity contribution in [3.05, 3.63) is 41.2 Å². The van der Waals surface area contributed by atoms with E-state index in [4.69, 9.17) is 15.6 Å². The molecule has 0 aliphatic carbocycles. The van der Waals surface area contributed by atoms with Gasteiger partial charge in [0.15, 0.2) is 0 Å². The van der Waals surface area contributed by atoms with Gasteiger partial charge in [-0.3, -0.25) is 4.68 Å². The van der Waals surface area contributed by atoms with Gasteiger partial charge in [0, 0.05) is 6.54 Å². The second-order valence-corrected chi connectivity index (χ2v) is 4.64. The number of anilines is 1. The smallest absolute Gasteiger partial charge is 0.335 e. The summed E-state index contributed by atoms with van der Waals surface area (Å²) < 4.78 is 7.54. The number of ether oxygens (including phenoxy) is 1. The largest absolute Gasteiger partial charge is 0.485 e. The van der Waals surface area contributed by atoms with E-state index in [0.717, 1.165) is 24.4 Å². The molecule has 6 heteroatoms. The van der Waals surface area contributed by atoms with Gasteiger partial charge >= 0.3 is 5.97 Å². The molecule has 1 heterocycles. The quantitative estimate of drug-likeness (QED) is 0.796. The Balaban J connectivity index is 2.18. The lowest BCUT2D eigenvalue weighted by Crippen LogP contribution is -2.07. The summed E-state index contributed by atoms with van der Waals surface area (Å²) in [5.41, 5.74) is 8.32. The lowest BCUT2D eigenvalue weighted by molar-refractivity contribution is 0.0696. The highest BCUT2D eigenvalue weighted by Crippen LogP contribution is 2.24. The van der Waals surface area contributed by atoms with Gasteiger partial charge in [-0.05, 0) is 37.6 Å². The zero-order chi connectivity index (χ0) is 15.4. The molecular weight excluding hydrogens is 270 g/mol. The summed E-state index contributed by atoms with van der Waals surface area (Å²) in [5, 5.41) is 13.4. The van der Waals surface area contributed by atoms with Gasteiger partial charge < -0.3 is 15.6 Å². The molecule has 0 radical (unpaired) electrons. The number of benzene rings is 1. The predicted octanol–water partition coefficient (Wildman–Crippen LogP) is 2.32. The average molecular weight is 289 g/mol. The minimum atomic E-state index is -1.01. The van der Waals surface area contributed by atoms with E-state index in [9.17, 15) is 4.79 Å². The molecule has 112 valence electrons. The van der Waals surface area contributed by atoms with E-state index < -0.39 is 5.97 Å². The number of aryl methyl sites for hydroxylation is 2. The van der Waals surface area contributed by atoms with Crippen LogP contribution in [0.5, 0.6) is 5.75 Å². The number of nitrogens with two attached hydrogens (primary N) is 1. The highest BCUT2D eigenvalue weighted by Gasteiger charge is 2.10. The Kier molecular flexibility index (Phi) is 4.47. The minimum absolute atomic E-state index is 0.150. The van der Waals surface area contributed by atoms with E-state index in [-0.39, 0.29) is 5.56 Å². The van der Waals surface area contributed by atoms with Crippen LogP contribution in [-0.4, -0.2) is 20.9 Å². The van der Waals surface area contributed by atoms with Gasteiger partial charge in [-0.25, -0.2) is 4.79 Å². The lowest BCUT2D eigenvalue weighted by Gasteiger charge is -2.10. The Hall–Kier alpha value is -2.50. The number of hydrogen-bond donors (Lipinski definition) is 2. The minimum Gasteiger partial charge on any atom is -0.485 e. The van der Waals surface area contributed by atoms with Crippen molar-refractivity contribution >= 4 is 11.7 Å². The average Bonchev–Trinajstić information content (AvgIpc) is 2.88. The first-order valence-corrected chi connectivity index (χ1v) is 6.86. The number of aromatic nitrogens is 2. The summed E-state index contributed by atoms with van der Waals surface area (Å²) >= 11 is 0. The fourth-order valence-corrected chi connectivity index (χ4v) is 2.02. The van der Waals surface area contributed by atoms with E-state index in [0.29, 0.717) is 18.0 Å². The van der Waals surface area contributed by atoms with Crippen LogP contribution >= 0.6 is 0 Å². The zero-order valence-electron chi connectivity index (χ0n) is 12.2. The van der Waals surface area contributed by atoms with Crippen LogP contribution in [0.4, 0.5) is 5.69 Å². The van der Waals surface area contributed by atoms with Gasteiger partial charge in [0.2, 0.25) is 0 Å². The fourth-order valence-electron chi connectivity index (χ4n) is 2.02. The molecule has 1 aromatic heterocycles. The maximum absolute atomic E-state index is 11.0. The molecule has 21 heavy (non-hydrogen) atoms. The number of nitrogens with zero attached hydrogens (tertiary/aromatic N) is 2. The molecule has 1 aromatic carbocycles. The Morgan fingerprint density at radius 1 is 1.38 bits per heavy atom. The molecule has 0 aliphatic heterocycles. The first-order valence-electron chi connectivity index (χ1n) is 6.86. The number of carboxylic acids is 1. The van der Waals surface area contributed by atoms with Crippen molar-refractivity contribution in [1.82, 2.24) is 9.78 Å². The number of carbonyl (C=O) groups is 1. The molecule has 0 fully saturated rings. The number of rotatable bonds is 6. The molecule has 6 nitrogen and oxygen atoms in total. The van der Waals surface area contributed by atoms with Gasteiger partial charge in [-0.15, -0.1) is 0 Å². The fraction of sp³-hybridized carbons (Fsp3) is 0.333. The van der Waals surface area contributed by atoms with Crippen LogP contribution in [0, 0.1) is 0 Å². The summed E-state index contributed by atoms with van der Waals surface area (Å²) in [6.07, 6.45) is 0.858. The Morgan fingerprint density at radius 3 is 2.76 bits per heavy atom. The molecule has 0 spiro atoms. The lowest BCUT2D eigenvalue weighted by atomic mass is 10.2. The van der Waals surface area contributed by atoms with Crippen molar-refractivity contribution in [3.63, 3.8) is 0 Å². The normalized spacial score (nSPS) is 10.6. The molecule has 2 rings (SSSR count). The maximum Gasteiger partial charge on any atom is 0.335 e. The highest BCUT2D eigenvalue weighted by atomic mass is 16.5. The van der Waals surface area contributed by atoms with Crippen LogP contribution in [0.25, 0.3) is 0 Å². The molecule has 0 aliphatic rings. The first kappa shape index (κ1) is 14.9. The van der Waals surface area contributed by atoms with E-state index in [1.54, 1.807) is 0 Å². The molecule has 0 saturated heterocycles. The Bertz CT molecular complexity index is 650. The van der Waals surface area contributed by atoms with Crippen molar-refractivity contribution in [3.8, 4) is 5.75 Å². The molecule has 0 amide bonds. The third-order valence-electron chi connectivity index (χ3n) is 3.21. The summed E-state index contributed by atoms with van der Waals surface area (Å²) in [4.78, 5) is 11.0. The number of aromatic carboxylic acids is 1. The van der Waals surface area contributed by atoms with Crippen LogP contribution in [0.3, 0.4) is 0 Å². The zero-order valence-corrected chi connectivity index (χ0v) is 12.2. The van der Waals surface area contributed by atoms with Crippen molar-refractivity contribution in [2.24, 2.45) is 0 Å². The predicted molar refractivity (Wildman–Crippen MR) is 79.4 cm³/mol. The van der Waals surface area contributed by atoms with Crippen molar-refractivity contribution in [1.29, 1.82) is 0 Å². The van der Waals surface area contributed by atoms with E-state index >= 15 is 0 Å². The van der Waals surface area contributed by atoms with Gasteiger partial charge in [0.25, 0.3) is 0 Å². The standard InChI is InChI=1S/C15H19N3O3/c1-3-11-8-12(18(4-2)17-11)9-21-14-7-10(15(19)20)5-6-13(14)16/h5-8H,3-4,9,16H2,1-2H3,(H,19,20). The third kappa shape index (κ3) is 3.34. The van der Waals surface area contributed by atoms with Crippen molar-refractivity contribution in [2.75, 3.05) is 5.73 Å². The van der Waals surface area contributed by atoms with Crippen molar-refractivity contribution < 1.29 is 14.6 Å². The molecule has 0 atom stereocenters. The number of carboxylic acid groups (broad SMARTS) is 1. The van der Waals surface area contributed by atoms with Gasteiger partial charge in [0.05, 0.1) is 22.6 Å². The molecule has 3 N–H and O–H groups in total. The van der Waals surface area contributed by atoms with Gasteiger partial charge in [-0.2, -0.15) is 5.10 Å². The van der Waals surface area contributed by atoms with E-state index in [1.807, 2.05) is 24.6 Å². The Morgan fingerprint density at radius 2 is 2.14 bits per heavy atom. The SMILES string of the molecule is CCc1cc(COc2cc(C(=O)O)ccc2N)n(CC)n1. The molecule has 2 aromatic rings. The van der Waals surface area contributed by atoms with Crippen molar-refractivity contribution in [2.45, 2.75) is 33.4 Å². The second-order valence-electron chi connectivity index (χ2n) is 4.64. The van der Waals surface area contributed by atoms with Crippen LogP contribution in [-0.2, 0) is 19.6 Å². The number of hydrogen-bond acceptors (Lipinski definition) is 4. The summed E-state index contributed by atoms with van der Waals surface area (Å²) in [7, 11) is 0. The topological polar surface area (TPSA) is 90.4 Å². The van der Waals surface area contributed by atoms with Gasteiger partial charge in [-0.1, -0.05) is 6.92 Å². The van der Waals surface area contributed by atoms with Gasteiger partial charge in [0.1, 0.15) is 12.4 Å². The van der Waals surface area contributed by atoms with Crippen LogP contribution in [0.15, 0.2) is 24.3 Å². The first-order chi connectivity index (χ1) is 10.0. The monoisotopic (exact) mass is 289 g/mol. The summed E-state index contributed by atoms with van der Waals surface area (Å²) in [5.74, 6) is -0.636. The maximum atomic E-state index is 11.0. The summed E-state index contributed by atoms with van der Waals surface area (Å²) in [6, 6.07) is 6.41.